The SMILES string of the molecule is CCCNCCCCCCOc1c(C)ccc(C)c1C. The molecule has 0 aliphatic rings. The number of hydrogen-bond acceptors (Lipinski definition) is 2. The average molecular weight is 277 g/mol. The van der Waals surface area contributed by atoms with Gasteiger partial charge in [0.05, 0.1) is 6.61 Å². The van der Waals surface area contributed by atoms with Crippen molar-refractivity contribution in [1.29, 1.82) is 0 Å². The highest BCUT2D eigenvalue weighted by atomic mass is 16.5. The average Bonchev–Trinajstić information content (AvgIpc) is 2.44. The van der Waals surface area contributed by atoms with Gasteiger partial charge in [0.15, 0.2) is 0 Å². The maximum atomic E-state index is 5.98. The van der Waals surface area contributed by atoms with Crippen LogP contribution in [-0.2, 0) is 0 Å². The van der Waals surface area contributed by atoms with Crippen LogP contribution in [0.4, 0.5) is 0 Å². The van der Waals surface area contributed by atoms with Gasteiger partial charge < -0.3 is 10.1 Å². The van der Waals surface area contributed by atoms with E-state index in [1.54, 1.807) is 0 Å². The molecule has 114 valence electrons. The summed E-state index contributed by atoms with van der Waals surface area (Å²) in [4.78, 5) is 0. The number of hydrogen-bond donors (Lipinski definition) is 1. The Hall–Kier alpha value is -1.02. The summed E-state index contributed by atoms with van der Waals surface area (Å²) in [6, 6.07) is 4.32. The Morgan fingerprint density at radius 2 is 1.60 bits per heavy atom. The van der Waals surface area contributed by atoms with Crippen molar-refractivity contribution in [3.05, 3.63) is 28.8 Å². The molecule has 1 aromatic carbocycles. The fourth-order valence-corrected chi connectivity index (χ4v) is 2.33. The monoisotopic (exact) mass is 277 g/mol. The first kappa shape index (κ1) is 17.0. The lowest BCUT2D eigenvalue weighted by molar-refractivity contribution is 0.300. The summed E-state index contributed by atoms with van der Waals surface area (Å²) in [5, 5.41) is 3.44. The minimum Gasteiger partial charge on any atom is -0.493 e. The Bertz CT molecular complexity index is 387. The molecule has 0 spiro atoms. The van der Waals surface area contributed by atoms with E-state index in [1.165, 1.54) is 42.4 Å². The summed E-state index contributed by atoms with van der Waals surface area (Å²) in [5.41, 5.74) is 3.85. The molecule has 0 radical (unpaired) electrons. The van der Waals surface area contributed by atoms with E-state index in [0.29, 0.717) is 0 Å². The lowest BCUT2D eigenvalue weighted by Crippen LogP contribution is -2.15. The molecule has 0 bridgehead atoms. The Balaban J connectivity index is 2.14. The number of ether oxygens (including phenoxy) is 1. The van der Waals surface area contributed by atoms with Gasteiger partial charge in [-0.25, -0.2) is 0 Å². The molecule has 2 heteroatoms. The smallest absolute Gasteiger partial charge is 0.125 e. The van der Waals surface area contributed by atoms with Gasteiger partial charge in [-0.05, 0) is 69.8 Å². The fourth-order valence-electron chi connectivity index (χ4n) is 2.33. The molecule has 0 saturated heterocycles. The maximum absolute atomic E-state index is 5.98. The van der Waals surface area contributed by atoms with Crippen molar-refractivity contribution in [2.24, 2.45) is 0 Å². The third kappa shape index (κ3) is 5.96. The van der Waals surface area contributed by atoms with E-state index < -0.39 is 0 Å². The fraction of sp³-hybridized carbons (Fsp3) is 0.667. The first-order valence-electron chi connectivity index (χ1n) is 8.07. The third-order valence-corrected chi connectivity index (χ3v) is 3.79. The lowest BCUT2D eigenvalue weighted by Gasteiger charge is -2.13. The standard InChI is InChI=1S/C18H31NO/c1-5-12-19-13-8-6-7-9-14-20-18-16(3)11-10-15(2)17(18)4/h10-11,19H,5-9,12-14H2,1-4H3. The number of unbranched alkanes of at least 4 members (excludes halogenated alkanes) is 3. The predicted molar refractivity (Wildman–Crippen MR) is 87.8 cm³/mol. The van der Waals surface area contributed by atoms with Crippen LogP contribution < -0.4 is 10.1 Å². The summed E-state index contributed by atoms with van der Waals surface area (Å²) in [5.74, 6) is 1.09. The van der Waals surface area contributed by atoms with E-state index in [0.717, 1.165) is 31.9 Å². The molecule has 0 saturated carbocycles. The predicted octanol–water partition coefficient (Wildman–Crippen LogP) is 4.55. The van der Waals surface area contributed by atoms with Crippen LogP contribution in [0.2, 0.25) is 0 Å². The van der Waals surface area contributed by atoms with E-state index in [9.17, 15) is 0 Å². The summed E-state index contributed by atoms with van der Waals surface area (Å²) >= 11 is 0. The molecule has 1 N–H and O–H groups in total. The highest BCUT2D eigenvalue weighted by molar-refractivity contribution is 5.44. The second-order valence-corrected chi connectivity index (χ2v) is 5.67. The van der Waals surface area contributed by atoms with Crippen molar-refractivity contribution >= 4 is 0 Å². The largest absolute Gasteiger partial charge is 0.493 e. The van der Waals surface area contributed by atoms with Crippen LogP contribution in [0.3, 0.4) is 0 Å². The molecule has 20 heavy (non-hydrogen) atoms. The van der Waals surface area contributed by atoms with Gasteiger partial charge >= 0.3 is 0 Å². The van der Waals surface area contributed by atoms with Crippen molar-refractivity contribution in [3.63, 3.8) is 0 Å². The zero-order valence-electron chi connectivity index (χ0n) is 13.7. The molecule has 0 aromatic heterocycles. The Labute approximate surface area is 124 Å². The van der Waals surface area contributed by atoms with Crippen molar-refractivity contribution < 1.29 is 4.74 Å². The van der Waals surface area contributed by atoms with Gasteiger partial charge in [0.1, 0.15) is 5.75 Å². The topological polar surface area (TPSA) is 21.3 Å². The van der Waals surface area contributed by atoms with Gasteiger partial charge in [0, 0.05) is 0 Å². The number of benzene rings is 1. The van der Waals surface area contributed by atoms with Gasteiger partial charge in [-0.15, -0.1) is 0 Å². The van der Waals surface area contributed by atoms with Gasteiger partial charge in [-0.1, -0.05) is 31.9 Å². The van der Waals surface area contributed by atoms with Gasteiger partial charge in [0.25, 0.3) is 0 Å². The first-order valence-corrected chi connectivity index (χ1v) is 8.07. The van der Waals surface area contributed by atoms with E-state index in [-0.39, 0.29) is 0 Å². The van der Waals surface area contributed by atoms with E-state index in [4.69, 9.17) is 4.74 Å². The molecule has 0 unspecified atom stereocenters. The van der Waals surface area contributed by atoms with E-state index >= 15 is 0 Å². The second-order valence-electron chi connectivity index (χ2n) is 5.67. The molecule has 1 rings (SSSR count). The minimum absolute atomic E-state index is 0.841. The third-order valence-electron chi connectivity index (χ3n) is 3.79. The molecule has 2 nitrogen and oxygen atoms in total. The molecular weight excluding hydrogens is 246 g/mol. The zero-order valence-corrected chi connectivity index (χ0v) is 13.7. The maximum Gasteiger partial charge on any atom is 0.125 e. The molecule has 0 aliphatic heterocycles. The highest BCUT2D eigenvalue weighted by Crippen LogP contribution is 2.25. The van der Waals surface area contributed by atoms with Crippen LogP contribution in [0.5, 0.6) is 5.75 Å². The molecule has 1 aromatic rings. The van der Waals surface area contributed by atoms with Crippen molar-refractivity contribution in [2.45, 2.75) is 59.8 Å². The van der Waals surface area contributed by atoms with Crippen molar-refractivity contribution in [3.8, 4) is 5.75 Å². The van der Waals surface area contributed by atoms with Crippen LogP contribution in [0.15, 0.2) is 12.1 Å². The number of nitrogens with one attached hydrogen (secondary N) is 1. The van der Waals surface area contributed by atoms with E-state index in [2.05, 4.69) is 45.1 Å². The van der Waals surface area contributed by atoms with Gasteiger partial charge in [-0.2, -0.15) is 0 Å². The number of aryl methyl sites for hydroxylation is 2. The van der Waals surface area contributed by atoms with Crippen molar-refractivity contribution in [2.75, 3.05) is 19.7 Å². The van der Waals surface area contributed by atoms with Crippen LogP contribution in [0.25, 0.3) is 0 Å². The van der Waals surface area contributed by atoms with Crippen LogP contribution >= 0.6 is 0 Å². The summed E-state index contributed by atoms with van der Waals surface area (Å²) in [6.07, 6.45) is 6.22. The summed E-state index contributed by atoms with van der Waals surface area (Å²) < 4.78 is 5.98. The Morgan fingerprint density at radius 1 is 0.900 bits per heavy atom. The second kappa shape index (κ2) is 9.82. The van der Waals surface area contributed by atoms with E-state index in [1.807, 2.05) is 0 Å². The highest BCUT2D eigenvalue weighted by Gasteiger charge is 2.05. The molecule has 0 aliphatic carbocycles. The zero-order chi connectivity index (χ0) is 14.8. The van der Waals surface area contributed by atoms with Gasteiger partial charge in [-0.3, -0.25) is 0 Å². The summed E-state index contributed by atoms with van der Waals surface area (Å²) in [6.45, 7) is 11.8. The Kier molecular flexibility index (Phi) is 8.36. The number of rotatable bonds is 10. The molecular formula is C18H31NO. The molecule has 0 amide bonds. The normalized spacial score (nSPS) is 10.8. The Morgan fingerprint density at radius 3 is 2.35 bits per heavy atom. The van der Waals surface area contributed by atoms with Crippen LogP contribution in [0, 0.1) is 20.8 Å². The molecule has 0 fully saturated rings. The quantitative estimate of drug-likeness (QED) is 0.633. The lowest BCUT2D eigenvalue weighted by atomic mass is 10.1. The molecule has 0 heterocycles. The van der Waals surface area contributed by atoms with Crippen LogP contribution in [0.1, 0.15) is 55.7 Å². The van der Waals surface area contributed by atoms with Gasteiger partial charge in [0.2, 0.25) is 0 Å². The first-order chi connectivity index (χ1) is 9.66. The molecule has 0 atom stereocenters. The van der Waals surface area contributed by atoms with Crippen LogP contribution in [-0.4, -0.2) is 19.7 Å². The van der Waals surface area contributed by atoms with Crippen molar-refractivity contribution in [1.82, 2.24) is 5.32 Å². The summed E-state index contributed by atoms with van der Waals surface area (Å²) in [7, 11) is 0. The minimum atomic E-state index is 0.841.